The zero-order valence-corrected chi connectivity index (χ0v) is 12.1. The number of piperidine rings is 1. The predicted molar refractivity (Wildman–Crippen MR) is 78.8 cm³/mol. The number of nitrogens with zero attached hydrogens (tertiary/aromatic N) is 1. The number of carboxylic acid groups (broad SMARTS) is 1. The first kappa shape index (κ1) is 14.1. The van der Waals surface area contributed by atoms with Gasteiger partial charge in [0, 0.05) is 19.5 Å². The van der Waals surface area contributed by atoms with Crippen molar-refractivity contribution in [3.8, 4) is 0 Å². The second-order valence-electron chi connectivity index (χ2n) is 6.21. The molecule has 1 aliphatic heterocycles. The van der Waals surface area contributed by atoms with E-state index in [-0.39, 0.29) is 11.8 Å². The van der Waals surface area contributed by atoms with Crippen molar-refractivity contribution in [3.63, 3.8) is 0 Å². The molecule has 1 saturated carbocycles. The molecule has 0 spiro atoms. The van der Waals surface area contributed by atoms with Gasteiger partial charge >= 0.3 is 5.97 Å². The number of benzene rings is 1. The van der Waals surface area contributed by atoms with Crippen LogP contribution >= 0.6 is 0 Å². The van der Waals surface area contributed by atoms with Crippen LogP contribution in [0.15, 0.2) is 30.3 Å². The third kappa shape index (κ3) is 3.26. The summed E-state index contributed by atoms with van der Waals surface area (Å²) in [5, 5.41) is 8.98. The molecule has 1 N–H and O–H groups in total. The van der Waals surface area contributed by atoms with Gasteiger partial charge in [-0.05, 0) is 36.7 Å². The summed E-state index contributed by atoms with van der Waals surface area (Å²) < 4.78 is 0. The number of hydrogen-bond donors (Lipinski definition) is 1. The van der Waals surface area contributed by atoms with Gasteiger partial charge in [-0.25, -0.2) is 0 Å². The Hall–Kier alpha value is -1.84. The average Bonchev–Trinajstić information content (AvgIpc) is 3.27. The van der Waals surface area contributed by atoms with E-state index in [1.54, 1.807) is 0 Å². The fourth-order valence-corrected chi connectivity index (χ4v) is 3.31. The molecule has 21 heavy (non-hydrogen) atoms. The smallest absolute Gasteiger partial charge is 0.306 e. The van der Waals surface area contributed by atoms with Gasteiger partial charge in [0.25, 0.3) is 0 Å². The zero-order valence-electron chi connectivity index (χ0n) is 12.1. The molecule has 1 aliphatic carbocycles. The van der Waals surface area contributed by atoms with E-state index in [2.05, 4.69) is 12.1 Å². The van der Waals surface area contributed by atoms with Gasteiger partial charge in [0.05, 0.1) is 5.92 Å². The lowest BCUT2D eigenvalue weighted by molar-refractivity contribution is -0.145. The van der Waals surface area contributed by atoms with Gasteiger partial charge in [-0.3, -0.25) is 9.59 Å². The first-order valence-electron chi connectivity index (χ1n) is 7.70. The van der Waals surface area contributed by atoms with Crippen molar-refractivity contribution in [3.05, 3.63) is 35.9 Å². The van der Waals surface area contributed by atoms with Crippen molar-refractivity contribution in [2.24, 2.45) is 11.8 Å². The number of likely N-dealkylation sites (tertiary alicyclic amines) is 1. The van der Waals surface area contributed by atoms with E-state index in [1.807, 2.05) is 23.1 Å². The molecule has 1 saturated heterocycles. The maximum Gasteiger partial charge on any atom is 0.306 e. The van der Waals surface area contributed by atoms with Gasteiger partial charge in [-0.2, -0.15) is 0 Å². The summed E-state index contributed by atoms with van der Waals surface area (Å²) in [6, 6.07) is 10.4. The highest BCUT2D eigenvalue weighted by atomic mass is 16.4. The minimum atomic E-state index is -0.728. The molecule has 1 aromatic carbocycles. The van der Waals surface area contributed by atoms with Crippen molar-refractivity contribution in [2.75, 3.05) is 13.1 Å². The fourth-order valence-electron chi connectivity index (χ4n) is 3.31. The molecule has 0 aromatic heterocycles. The second-order valence-corrected chi connectivity index (χ2v) is 6.21. The molecular formula is C17H21NO3. The van der Waals surface area contributed by atoms with Crippen LogP contribution in [0.1, 0.15) is 37.2 Å². The number of aliphatic carboxylic acids is 1. The lowest BCUT2D eigenvalue weighted by Gasteiger charge is -2.30. The third-order valence-electron chi connectivity index (χ3n) is 4.78. The Morgan fingerprint density at radius 2 is 1.81 bits per heavy atom. The van der Waals surface area contributed by atoms with E-state index in [0.717, 1.165) is 6.42 Å². The standard InChI is InChI=1S/C17H21NO3/c19-16(18-8-6-13(7-9-18)17(20)21)11-14-10-15(14)12-4-2-1-3-5-12/h1-5,13-15H,6-11H2,(H,20,21)/t14-,15-/m0/s1. The van der Waals surface area contributed by atoms with E-state index < -0.39 is 5.97 Å². The molecule has 0 radical (unpaired) electrons. The van der Waals surface area contributed by atoms with Crippen molar-refractivity contribution >= 4 is 11.9 Å². The van der Waals surface area contributed by atoms with Crippen molar-refractivity contribution in [1.29, 1.82) is 0 Å². The van der Waals surface area contributed by atoms with Gasteiger partial charge in [0.2, 0.25) is 5.91 Å². The molecule has 3 rings (SSSR count). The summed E-state index contributed by atoms with van der Waals surface area (Å²) in [6.07, 6.45) is 2.89. The highest BCUT2D eigenvalue weighted by Crippen LogP contribution is 2.49. The van der Waals surface area contributed by atoms with Gasteiger partial charge in [0.1, 0.15) is 0 Å². The normalized spacial score (nSPS) is 25.6. The fraction of sp³-hybridized carbons (Fsp3) is 0.529. The first-order chi connectivity index (χ1) is 10.1. The lowest BCUT2D eigenvalue weighted by atomic mass is 9.96. The maximum atomic E-state index is 12.3. The van der Waals surface area contributed by atoms with Gasteiger partial charge in [-0.1, -0.05) is 30.3 Å². The molecule has 2 fully saturated rings. The minimum absolute atomic E-state index is 0.197. The Morgan fingerprint density at radius 1 is 1.14 bits per heavy atom. The minimum Gasteiger partial charge on any atom is -0.481 e. The molecule has 1 heterocycles. The molecule has 4 heteroatoms. The topological polar surface area (TPSA) is 57.6 Å². The summed E-state index contributed by atoms with van der Waals surface area (Å²) >= 11 is 0. The first-order valence-corrected chi connectivity index (χ1v) is 7.70. The van der Waals surface area contributed by atoms with Crippen LogP contribution in [0.25, 0.3) is 0 Å². The van der Waals surface area contributed by atoms with E-state index in [9.17, 15) is 9.59 Å². The molecule has 4 nitrogen and oxygen atoms in total. The lowest BCUT2D eigenvalue weighted by Crippen LogP contribution is -2.40. The van der Waals surface area contributed by atoms with Crippen LogP contribution in [0.4, 0.5) is 0 Å². The van der Waals surface area contributed by atoms with Crippen LogP contribution in [0.2, 0.25) is 0 Å². The summed E-state index contributed by atoms with van der Waals surface area (Å²) in [5.41, 5.74) is 1.33. The monoisotopic (exact) mass is 287 g/mol. The summed E-state index contributed by atoms with van der Waals surface area (Å²) in [4.78, 5) is 25.0. The average molecular weight is 287 g/mol. The predicted octanol–water partition coefficient (Wildman–Crippen LogP) is 2.50. The van der Waals surface area contributed by atoms with Crippen LogP contribution in [0.3, 0.4) is 0 Å². The largest absolute Gasteiger partial charge is 0.481 e. The summed E-state index contributed by atoms with van der Waals surface area (Å²) in [5.74, 6) is 0.201. The SMILES string of the molecule is O=C(O)C1CCN(C(=O)C[C@@H]2C[C@H]2c2ccccc2)CC1. The zero-order chi connectivity index (χ0) is 14.8. The Kier molecular flexibility index (Phi) is 3.95. The Balaban J connectivity index is 1.47. The molecule has 1 aromatic rings. The summed E-state index contributed by atoms with van der Waals surface area (Å²) in [7, 11) is 0. The molecular weight excluding hydrogens is 266 g/mol. The molecule has 112 valence electrons. The molecule has 0 bridgehead atoms. The van der Waals surface area contributed by atoms with Gasteiger partial charge in [-0.15, -0.1) is 0 Å². The Morgan fingerprint density at radius 3 is 2.43 bits per heavy atom. The maximum absolute atomic E-state index is 12.3. The molecule has 2 aliphatic rings. The molecule has 2 atom stereocenters. The second kappa shape index (κ2) is 5.88. The van der Waals surface area contributed by atoms with Crippen LogP contribution < -0.4 is 0 Å². The Labute approximate surface area is 124 Å². The van der Waals surface area contributed by atoms with E-state index in [0.29, 0.717) is 44.2 Å². The van der Waals surface area contributed by atoms with Gasteiger partial charge in [0.15, 0.2) is 0 Å². The van der Waals surface area contributed by atoms with Crippen molar-refractivity contribution in [1.82, 2.24) is 4.90 Å². The van der Waals surface area contributed by atoms with E-state index >= 15 is 0 Å². The summed E-state index contributed by atoms with van der Waals surface area (Å²) in [6.45, 7) is 1.19. The number of amides is 1. The van der Waals surface area contributed by atoms with Crippen LogP contribution in [0.5, 0.6) is 0 Å². The highest BCUT2D eigenvalue weighted by Gasteiger charge is 2.40. The number of carboxylic acids is 1. The van der Waals surface area contributed by atoms with Crippen molar-refractivity contribution < 1.29 is 14.7 Å². The number of rotatable bonds is 4. The number of carbonyl (C=O) groups excluding carboxylic acids is 1. The van der Waals surface area contributed by atoms with E-state index in [4.69, 9.17) is 5.11 Å². The van der Waals surface area contributed by atoms with Gasteiger partial charge < -0.3 is 10.0 Å². The van der Waals surface area contributed by atoms with E-state index in [1.165, 1.54) is 5.56 Å². The Bertz CT molecular complexity index is 520. The number of hydrogen-bond acceptors (Lipinski definition) is 2. The van der Waals surface area contributed by atoms with Crippen LogP contribution in [-0.2, 0) is 9.59 Å². The number of carbonyl (C=O) groups is 2. The van der Waals surface area contributed by atoms with Crippen LogP contribution in [0, 0.1) is 11.8 Å². The molecule has 0 unspecified atom stereocenters. The highest BCUT2D eigenvalue weighted by molar-refractivity contribution is 5.77. The molecule has 1 amide bonds. The third-order valence-corrected chi connectivity index (χ3v) is 4.78. The van der Waals surface area contributed by atoms with Crippen molar-refractivity contribution in [2.45, 2.75) is 31.6 Å². The van der Waals surface area contributed by atoms with Crippen LogP contribution in [-0.4, -0.2) is 35.0 Å². The quantitative estimate of drug-likeness (QED) is 0.925.